The van der Waals surface area contributed by atoms with E-state index < -0.39 is 21.4 Å². The normalized spacial score (nSPS) is 22.7. The number of nitrogens with one attached hydrogen (secondary N) is 1. The zero-order valence-electron chi connectivity index (χ0n) is 11.9. The summed E-state index contributed by atoms with van der Waals surface area (Å²) in [6.07, 6.45) is 1.02. The number of rotatable bonds is 3. The number of carbonyl (C=O) groups excluding carboxylic acids is 1. The van der Waals surface area contributed by atoms with E-state index in [9.17, 15) is 17.6 Å². The van der Waals surface area contributed by atoms with Crippen molar-refractivity contribution in [2.24, 2.45) is 0 Å². The summed E-state index contributed by atoms with van der Waals surface area (Å²) in [5, 5.41) is 0. The highest BCUT2D eigenvalue weighted by molar-refractivity contribution is 7.89. The Labute approximate surface area is 128 Å². The molecule has 1 saturated heterocycles. The van der Waals surface area contributed by atoms with Crippen molar-refractivity contribution in [1.29, 1.82) is 0 Å². The van der Waals surface area contributed by atoms with Gasteiger partial charge >= 0.3 is 0 Å². The molecule has 1 amide bonds. The van der Waals surface area contributed by atoms with Gasteiger partial charge in [0, 0.05) is 32.5 Å². The summed E-state index contributed by atoms with van der Waals surface area (Å²) in [4.78, 5) is 14.1. The fourth-order valence-corrected chi connectivity index (χ4v) is 3.46. The summed E-state index contributed by atoms with van der Waals surface area (Å²) in [5.74, 6) is -0.862. The summed E-state index contributed by atoms with van der Waals surface area (Å²) in [5.41, 5.74) is -1.05. The van der Waals surface area contributed by atoms with E-state index in [1.165, 1.54) is 17.0 Å². The molecule has 0 unspecified atom stereocenters. The third kappa shape index (κ3) is 3.07. The Morgan fingerprint density at radius 3 is 2.68 bits per heavy atom. The number of halogens is 1. The van der Waals surface area contributed by atoms with Gasteiger partial charge in [0.15, 0.2) is 17.2 Å². The van der Waals surface area contributed by atoms with E-state index in [2.05, 4.69) is 4.72 Å². The third-order valence-electron chi connectivity index (χ3n) is 3.86. The van der Waals surface area contributed by atoms with Crippen LogP contribution in [0, 0.1) is 5.82 Å². The van der Waals surface area contributed by atoms with Crippen molar-refractivity contribution in [3.8, 4) is 5.75 Å². The first-order chi connectivity index (χ1) is 10.4. The number of hydrogen-bond donors (Lipinski definition) is 1. The van der Waals surface area contributed by atoms with Gasteiger partial charge in [-0.1, -0.05) is 12.1 Å². The van der Waals surface area contributed by atoms with Gasteiger partial charge in [-0.05, 0) is 12.1 Å². The lowest BCUT2D eigenvalue weighted by Crippen LogP contribution is -2.45. The molecule has 0 bridgehead atoms. The summed E-state index contributed by atoms with van der Waals surface area (Å²) in [7, 11) is -3.32. The maximum Gasteiger partial charge on any atom is 0.266 e. The average Bonchev–Trinajstić information content (AvgIpc) is 3.26. The predicted molar refractivity (Wildman–Crippen MR) is 77.4 cm³/mol. The molecule has 8 heteroatoms. The molecule has 1 heterocycles. The molecule has 2 aliphatic rings. The summed E-state index contributed by atoms with van der Waals surface area (Å²) in [6.45, 7) is 0.598. The van der Waals surface area contributed by atoms with Crippen LogP contribution in [0.3, 0.4) is 0 Å². The number of carbonyl (C=O) groups is 1. The molecule has 0 spiro atoms. The Balaban J connectivity index is 1.73. The minimum atomic E-state index is -3.32. The molecule has 1 aliphatic heterocycles. The number of benzene rings is 1. The van der Waals surface area contributed by atoms with Crippen LogP contribution >= 0.6 is 0 Å². The molecule has 1 aliphatic carbocycles. The standard InChI is InChI=1S/C14H17FN2O4S/c15-11-3-1-2-4-12(11)21-14(5-6-14)13(18)17-8-7-16-22(19,20)10-9-17/h1-4,16H,5-10H2. The van der Waals surface area contributed by atoms with Crippen molar-refractivity contribution in [3.63, 3.8) is 0 Å². The summed E-state index contributed by atoms with van der Waals surface area (Å²) < 4.78 is 44.7. The van der Waals surface area contributed by atoms with Gasteiger partial charge in [-0.2, -0.15) is 0 Å². The van der Waals surface area contributed by atoms with Crippen LogP contribution in [-0.4, -0.2) is 50.2 Å². The van der Waals surface area contributed by atoms with E-state index >= 15 is 0 Å². The van der Waals surface area contributed by atoms with Gasteiger partial charge in [0.05, 0.1) is 5.75 Å². The molecule has 0 radical (unpaired) electrons. The maximum absolute atomic E-state index is 13.7. The van der Waals surface area contributed by atoms with Crippen LogP contribution in [-0.2, 0) is 14.8 Å². The molecular formula is C14H17FN2O4S. The second-order valence-electron chi connectivity index (χ2n) is 5.53. The van der Waals surface area contributed by atoms with Gasteiger partial charge in [-0.25, -0.2) is 17.5 Å². The zero-order valence-corrected chi connectivity index (χ0v) is 12.7. The van der Waals surface area contributed by atoms with Crippen LogP contribution < -0.4 is 9.46 Å². The monoisotopic (exact) mass is 328 g/mol. The van der Waals surface area contributed by atoms with Gasteiger partial charge in [0.25, 0.3) is 5.91 Å². The van der Waals surface area contributed by atoms with Crippen LogP contribution in [0.5, 0.6) is 5.75 Å². The molecule has 22 heavy (non-hydrogen) atoms. The van der Waals surface area contributed by atoms with E-state index in [1.807, 2.05) is 0 Å². The van der Waals surface area contributed by atoms with E-state index in [4.69, 9.17) is 4.74 Å². The van der Waals surface area contributed by atoms with Gasteiger partial charge in [0.2, 0.25) is 10.0 Å². The van der Waals surface area contributed by atoms with Crippen LogP contribution in [0.25, 0.3) is 0 Å². The smallest absolute Gasteiger partial charge is 0.266 e. The average molecular weight is 328 g/mol. The fourth-order valence-electron chi connectivity index (χ4n) is 2.45. The van der Waals surface area contributed by atoms with Crippen molar-refractivity contribution >= 4 is 15.9 Å². The molecule has 6 nitrogen and oxygen atoms in total. The SMILES string of the molecule is O=C(N1CCNS(=O)(=O)CC1)C1(Oc2ccccc2F)CC1. The van der Waals surface area contributed by atoms with Crippen molar-refractivity contribution in [2.45, 2.75) is 18.4 Å². The lowest BCUT2D eigenvalue weighted by molar-refractivity contribution is -0.140. The number of sulfonamides is 1. The van der Waals surface area contributed by atoms with Crippen molar-refractivity contribution in [3.05, 3.63) is 30.1 Å². The first-order valence-electron chi connectivity index (χ1n) is 7.12. The van der Waals surface area contributed by atoms with E-state index in [0.29, 0.717) is 19.4 Å². The molecule has 2 fully saturated rings. The topological polar surface area (TPSA) is 75.7 Å². The number of para-hydroxylation sites is 1. The molecule has 0 aromatic heterocycles. The van der Waals surface area contributed by atoms with Gasteiger partial charge in [-0.3, -0.25) is 4.79 Å². The highest BCUT2D eigenvalue weighted by Gasteiger charge is 2.55. The number of amides is 1. The molecular weight excluding hydrogens is 311 g/mol. The zero-order chi connectivity index (χ0) is 15.8. The van der Waals surface area contributed by atoms with Crippen molar-refractivity contribution < 1.29 is 22.3 Å². The number of ether oxygens (including phenoxy) is 1. The molecule has 3 rings (SSSR count). The molecule has 120 valence electrons. The second kappa shape index (κ2) is 5.51. The third-order valence-corrected chi connectivity index (χ3v) is 5.22. The number of nitrogens with zero attached hydrogens (tertiary/aromatic N) is 1. The minimum Gasteiger partial charge on any atom is -0.474 e. The van der Waals surface area contributed by atoms with Gasteiger partial charge < -0.3 is 9.64 Å². The highest BCUT2D eigenvalue weighted by Crippen LogP contribution is 2.42. The van der Waals surface area contributed by atoms with Crippen molar-refractivity contribution in [1.82, 2.24) is 9.62 Å². The van der Waals surface area contributed by atoms with Crippen LogP contribution in [0.1, 0.15) is 12.8 Å². The largest absolute Gasteiger partial charge is 0.474 e. The lowest BCUT2D eigenvalue weighted by Gasteiger charge is -2.26. The Hall–Kier alpha value is -1.67. The van der Waals surface area contributed by atoms with Crippen molar-refractivity contribution in [2.75, 3.05) is 25.4 Å². The van der Waals surface area contributed by atoms with Crippen LogP contribution in [0.2, 0.25) is 0 Å². The quantitative estimate of drug-likeness (QED) is 0.877. The lowest BCUT2D eigenvalue weighted by atomic mass is 10.2. The van der Waals surface area contributed by atoms with E-state index in [1.54, 1.807) is 12.1 Å². The van der Waals surface area contributed by atoms with Crippen LogP contribution in [0.4, 0.5) is 4.39 Å². The second-order valence-corrected chi connectivity index (χ2v) is 7.46. The van der Waals surface area contributed by atoms with Gasteiger partial charge in [0.1, 0.15) is 0 Å². The Morgan fingerprint density at radius 2 is 2.00 bits per heavy atom. The summed E-state index contributed by atoms with van der Waals surface area (Å²) >= 11 is 0. The first-order valence-corrected chi connectivity index (χ1v) is 8.77. The Kier molecular flexibility index (Phi) is 3.82. The molecule has 1 aromatic carbocycles. The number of hydrogen-bond acceptors (Lipinski definition) is 4. The highest BCUT2D eigenvalue weighted by atomic mass is 32.2. The minimum absolute atomic E-state index is 0.0499. The molecule has 1 N–H and O–H groups in total. The summed E-state index contributed by atoms with van der Waals surface area (Å²) in [6, 6.07) is 5.95. The maximum atomic E-state index is 13.7. The fraction of sp³-hybridized carbons (Fsp3) is 0.500. The van der Waals surface area contributed by atoms with Crippen LogP contribution in [0.15, 0.2) is 24.3 Å². The molecule has 1 aromatic rings. The van der Waals surface area contributed by atoms with E-state index in [0.717, 1.165) is 0 Å². The van der Waals surface area contributed by atoms with E-state index in [-0.39, 0.29) is 30.5 Å². The Morgan fingerprint density at radius 1 is 1.27 bits per heavy atom. The molecule has 0 atom stereocenters. The molecule has 1 saturated carbocycles. The predicted octanol–water partition coefficient (Wildman–Crippen LogP) is 0.499. The Bertz CT molecular complexity index is 688. The van der Waals surface area contributed by atoms with Gasteiger partial charge in [-0.15, -0.1) is 0 Å². The first kappa shape index (κ1) is 15.2.